The number of likely N-dealkylation sites (N-methyl/N-ethyl adjacent to an activating group) is 2. The van der Waals surface area contributed by atoms with Crippen molar-refractivity contribution in [2.45, 2.75) is 192 Å². The van der Waals surface area contributed by atoms with Crippen LogP contribution in [-0.2, 0) is 47.4 Å². The normalized spacial score (nSPS) is 41.3. The molecule has 1 unspecified atom stereocenters. The number of ether oxygens (including phenoxy) is 9. The first-order chi connectivity index (χ1) is 31.9. The topological polar surface area (TPSA) is 206 Å². The number of aliphatic hydroxyl groups is 2. The summed E-state index contributed by atoms with van der Waals surface area (Å²) >= 11 is 0. The summed E-state index contributed by atoms with van der Waals surface area (Å²) in [5, 5.41) is 28.6. The molecule has 4 aliphatic rings. The zero-order valence-corrected chi connectivity index (χ0v) is 42.7. The number of hydrogen-bond acceptors (Lipinski definition) is 17. The van der Waals surface area contributed by atoms with Crippen LogP contribution in [-0.4, -0.2) is 170 Å². The van der Waals surface area contributed by atoms with E-state index in [-0.39, 0.29) is 36.9 Å². The summed E-state index contributed by atoms with van der Waals surface area (Å²) in [6.07, 6.45) is -3.84. The summed E-state index contributed by atoms with van der Waals surface area (Å²) in [6.45, 7) is 18.6. The van der Waals surface area contributed by atoms with Crippen LogP contribution >= 0.6 is 0 Å². The number of hydrogen-bond donors (Lipinski definition) is 3. The van der Waals surface area contributed by atoms with Crippen LogP contribution in [0.25, 0.3) is 6.08 Å². The molecule has 0 aromatic heterocycles. The average molecular weight is 961 g/mol. The van der Waals surface area contributed by atoms with Crippen LogP contribution in [0.5, 0.6) is 0 Å². The van der Waals surface area contributed by atoms with Crippen LogP contribution in [0.3, 0.4) is 0 Å². The van der Waals surface area contributed by atoms with E-state index in [9.17, 15) is 24.6 Å². The molecule has 4 fully saturated rings. The molecule has 1 aromatic rings. The van der Waals surface area contributed by atoms with Gasteiger partial charge in [-0.3, -0.25) is 9.69 Å². The van der Waals surface area contributed by atoms with E-state index in [1.165, 1.54) is 7.11 Å². The minimum absolute atomic E-state index is 0.0462. The Hall–Kier alpha value is -3.72. The summed E-state index contributed by atoms with van der Waals surface area (Å²) in [4.78, 5) is 44.7. The highest BCUT2D eigenvalue weighted by atomic mass is 16.8. The van der Waals surface area contributed by atoms with Gasteiger partial charge >= 0.3 is 18.2 Å². The van der Waals surface area contributed by atoms with Crippen molar-refractivity contribution in [2.24, 2.45) is 22.9 Å². The summed E-state index contributed by atoms with van der Waals surface area (Å²) in [6, 6.07) is 9.13. The molecule has 4 aliphatic heterocycles. The van der Waals surface area contributed by atoms with Gasteiger partial charge in [-0.2, -0.15) is 5.10 Å². The number of rotatable bonds is 12. The van der Waals surface area contributed by atoms with Crippen molar-refractivity contribution in [2.75, 3.05) is 34.8 Å². The molecule has 384 valence electrons. The predicted molar refractivity (Wildman–Crippen MR) is 253 cm³/mol. The third-order valence-corrected chi connectivity index (χ3v) is 14.5. The van der Waals surface area contributed by atoms with E-state index in [0.29, 0.717) is 25.8 Å². The number of carbonyl (C=O) groups excluding carboxylic acids is 3. The zero-order valence-electron chi connectivity index (χ0n) is 42.7. The number of fused-ring (bicyclic) bond motifs is 1. The van der Waals surface area contributed by atoms with E-state index in [4.69, 9.17) is 42.6 Å². The Labute approximate surface area is 403 Å². The Morgan fingerprint density at radius 2 is 1.69 bits per heavy atom. The number of benzene rings is 1. The van der Waals surface area contributed by atoms with Crippen LogP contribution in [0.1, 0.15) is 107 Å². The van der Waals surface area contributed by atoms with Crippen molar-refractivity contribution in [3.63, 3.8) is 0 Å². The Balaban J connectivity index is 1.46. The lowest BCUT2D eigenvalue weighted by molar-refractivity contribution is -0.317. The van der Waals surface area contributed by atoms with Gasteiger partial charge in [0.2, 0.25) is 0 Å². The maximum atomic E-state index is 14.7. The molecule has 0 aliphatic carbocycles. The van der Waals surface area contributed by atoms with Crippen LogP contribution in [0, 0.1) is 17.8 Å². The zero-order chi connectivity index (χ0) is 50.3. The third-order valence-electron chi connectivity index (χ3n) is 14.5. The highest BCUT2D eigenvalue weighted by Crippen LogP contribution is 2.42. The van der Waals surface area contributed by atoms with Crippen molar-refractivity contribution < 1.29 is 67.2 Å². The van der Waals surface area contributed by atoms with Crippen LogP contribution in [0.15, 0.2) is 41.5 Å². The molecule has 1 aromatic carbocycles. The number of nitrogens with one attached hydrogen (secondary N) is 1. The van der Waals surface area contributed by atoms with Crippen molar-refractivity contribution in [1.29, 1.82) is 0 Å². The second-order valence-electron chi connectivity index (χ2n) is 20.4. The second-order valence-corrected chi connectivity index (χ2v) is 20.4. The Morgan fingerprint density at radius 3 is 2.34 bits per heavy atom. The SMILES string of the molecule is CC[C@H]1OC(=O)[C@H](C)[C@@H](O[C@H]2C[C@@](C)(OC)C(OC(=O)N/N=C\C/C=C/c3ccccc3)[C@H](C)O2)[C@H](C)[C@@H](O[C@@H]2O[C@H](C)C[C@H](N(C)C)[C@H]2O)[C@](C)(O)C[C@@H](C)CN(C)[C@H](C)[C@H]2OC(=O)O[C@@]21C. The quantitative estimate of drug-likeness (QED) is 0.0965. The average Bonchev–Trinajstić information content (AvgIpc) is 3.59. The number of amides is 1. The van der Waals surface area contributed by atoms with Gasteiger partial charge in [-0.05, 0) is 100 Å². The standard InChI is InChI=1S/C50H80N4O14/c1-15-37-50(10)42(67-47(58)68-50)33(6)54(13)28-29(2)26-48(8,59)41(65-45-39(55)36(53(11)12)25-30(3)61-45)31(4)40(32(5)44(56)63-37)64-38-27-49(9,60-14)43(34(7)62-38)66-46(57)52-51-24-20-19-23-35-21-17-16-18-22-35/h16-19,21-24,29-34,36-43,45,55,59H,15,20,25-28H2,1-14H3,(H,52,57)/b23-19+,51-24-/t29-,30-,31+,32-,33-,34+,36+,37-,38+,39-,40+,41-,42-,43?,45+,48-,49-,50-/m1/s1. The molecule has 0 bridgehead atoms. The molecule has 4 heterocycles. The molecular formula is C50H80N4O14. The number of aliphatic hydroxyl groups excluding tert-OH is 1. The molecule has 18 heteroatoms. The summed E-state index contributed by atoms with van der Waals surface area (Å²) in [5.74, 6) is -2.69. The van der Waals surface area contributed by atoms with Crippen LogP contribution in [0.2, 0.25) is 0 Å². The summed E-state index contributed by atoms with van der Waals surface area (Å²) in [5.41, 5.74) is -0.649. The van der Waals surface area contributed by atoms with E-state index in [2.05, 4.69) is 10.5 Å². The van der Waals surface area contributed by atoms with Crippen molar-refractivity contribution in [3.05, 3.63) is 42.0 Å². The first-order valence-corrected chi connectivity index (χ1v) is 24.2. The van der Waals surface area contributed by atoms with Gasteiger partial charge in [0.15, 0.2) is 30.4 Å². The largest absolute Gasteiger partial charge is 0.509 e. The van der Waals surface area contributed by atoms with Gasteiger partial charge in [-0.1, -0.05) is 63.3 Å². The summed E-state index contributed by atoms with van der Waals surface area (Å²) in [7, 11) is 7.18. The molecule has 5 rings (SSSR count). The highest BCUT2D eigenvalue weighted by molar-refractivity contribution is 5.73. The van der Waals surface area contributed by atoms with Crippen molar-refractivity contribution in [1.82, 2.24) is 15.2 Å². The maximum absolute atomic E-state index is 14.7. The first kappa shape index (κ1) is 55.2. The van der Waals surface area contributed by atoms with Gasteiger partial charge < -0.3 is 57.7 Å². The number of nitrogens with zero attached hydrogens (tertiary/aromatic N) is 3. The Bertz CT molecular complexity index is 1870. The van der Waals surface area contributed by atoms with Gasteiger partial charge in [0.05, 0.1) is 35.9 Å². The second kappa shape index (κ2) is 23.5. The number of methoxy groups -OCH3 is 1. The van der Waals surface area contributed by atoms with Gasteiger partial charge in [0.25, 0.3) is 0 Å². The molecule has 0 radical (unpaired) electrons. The number of esters is 1. The fourth-order valence-electron chi connectivity index (χ4n) is 10.7. The number of allylic oxidation sites excluding steroid dienone is 1. The monoisotopic (exact) mass is 961 g/mol. The molecule has 4 saturated heterocycles. The molecule has 18 nitrogen and oxygen atoms in total. The maximum Gasteiger partial charge on any atom is 0.509 e. The van der Waals surface area contributed by atoms with Gasteiger partial charge in [-0.25, -0.2) is 15.0 Å². The summed E-state index contributed by atoms with van der Waals surface area (Å²) < 4.78 is 56.5. The molecule has 68 heavy (non-hydrogen) atoms. The molecule has 0 saturated carbocycles. The Morgan fingerprint density at radius 1 is 1.00 bits per heavy atom. The van der Waals surface area contributed by atoms with E-state index in [1.54, 1.807) is 40.8 Å². The lowest BCUT2D eigenvalue weighted by atomic mass is 9.77. The van der Waals surface area contributed by atoms with Crippen molar-refractivity contribution in [3.8, 4) is 0 Å². The minimum Gasteiger partial charge on any atom is -0.458 e. The molecular weight excluding hydrogens is 881 g/mol. The van der Waals surface area contributed by atoms with Gasteiger partial charge in [0, 0.05) is 50.7 Å². The molecule has 3 N–H and O–H groups in total. The number of cyclic esters (lactones) is 1. The van der Waals surface area contributed by atoms with Crippen LogP contribution in [0.4, 0.5) is 9.59 Å². The smallest absolute Gasteiger partial charge is 0.458 e. The van der Waals surface area contributed by atoms with Crippen LogP contribution < -0.4 is 5.43 Å². The van der Waals surface area contributed by atoms with E-state index in [1.807, 2.05) is 108 Å². The number of carbonyl (C=O) groups is 3. The first-order valence-electron chi connectivity index (χ1n) is 24.2. The van der Waals surface area contributed by atoms with Gasteiger partial charge in [-0.15, -0.1) is 0 Å². The molecule has 0 spiro atoms. The third kappa shape index (κ3) is 13.2. The molecule has 18 atom stereocenters. The minimum atomic E-state index is -1.61. The van der Waals surface area contributed by atoms with Gasteiger partial charge in [0.1, 0.15) is 17.8 Å². The lowest BCUT2D eigenvalue weighted by Gasteiger charge is -2.49. The van der Waals surface area contributed by atoms with E-state index in [0.717, 1.165) is 5.56 Å². The lowest BCUT2D eigenvalue weighted by Crippen LogP contribution is -2.61. The van der Waals surface area contributed by atoms with E-state index < -0.39 is 102 Å². The molecule has 1 amide bonds. The fourth-order valence-corrected chi connectivity index (χ4v) is 10.7. The Kier molecular flexibility index (Phi) is 19.1. The predicted octanol–water partition coefficient (Wildman–Crippen LogP) is 5.91. The van der Waals surface area contributed by atoms with E-state index >= 15 is 0 Å². The number of hydrazone groups is 1. The highest BCUT2D eigenvalue weighted by Gasteiger charge is 2.58. The fraction of sp³-hybridized carbons (Fsp3) is 0.760. The van der Waals surface area contributed by atoms with Crippen molar-refractivity contribution >= 4 is 30.5 Å².